The van der Waals surface area contributed by atoms with E-state index < -0.39 is 6.04 Å². The first kappa shape index (κ1) is 43.2. The Labute approximate surface area is 281 Å². The average molecular weight is 631 g/mol. The molecule has 0 aliphatic carbocycles. The van der Waals surface area contributed by atoms with E-state index in [0.29, 0.717) is 0 Å². The zero-order chi connectivity index (χ0) is 33.1. The maximum Gasteiger partial charge on any atom is 0.247 e. The minimum absolute atomic E-state index is 0.00897. The highest BCUT2D eigenvalue weighted by molar-refractivity contribution is 5.85. The summed E-state index contributed by atoms with van der Waals surface area (Å²) in [6, 6.07) is -0.502. The second-order valence-electron chi connectivity index (χ2n) is 13.4. The maximum atomic E-state index is 13.1. The lowest BCUT2D eigenvalue weighted by Crippen LogP contribution is -2.40. The number of allylic oxidation sites excluding steroid dienone is 4. The smallest absolute Gasteiger partial charge is 0.247 e. The van der Waals surface area contributed by atoms with Crippen LogP contribution in [-0.2, 0) is 4.79 Å². The first-order valence-corrected chi connectivity index (χ1v) is 19.7. The third kappa shape index (κ3) is 32.0. The second kappa shape index (κ2) is 35.1. The molecule has 1 unspecified atom stereocenters. The molecule has 0 heterocycles. The summed E-state index contributed by atoms with van der Waals surface area (Å²) in [7, 11) is 0. The van der Waals surface area contributed by atoms with Crippen molar-refractivity contribution in [2.45, 2.75) is 207 Å². The van der Waals surface area contributed by atoms with Gasteiger partial charge in [-0.1, -0.05) is 154 Å². The van der Waals surface area contributed by atoms with Crippen LogP contribution in [0.15, 0.2) is 29.3 Å². The van der Waals surface area contributed by atoms with Gasteiger partial charge in [-0.25, -0.2) is 4.99 Å². The Morgan fingerprint density at radius 3 is 1.11 bits per heavy atom. The lowest BCUT2D eigenvalue weighted by molar-refractivity contribution is -0.132. The molecular weight excluding hydrogens is 552 g/mol. The van der Waals surface area contributed by atoms with Gasteiger partial charge in [-0.2, -0.15) is 0 Å². The van der Waals surface area contributed by atoms with Crippen LogP contribution in [0, 0.1) is 0 Å². The SMILES string of the molecule is CCCCCCCC/C=C/CCCCCCCCN(CCCCCCCC/C=C/CCCCCCCC)C(=O)C(C)N=C(N)N. The van der Waals surface area contributed by atoms with Crippen molar-refractivity contribution in [3.05, 3.63) is 24.3 Å². The fourth-order valence-corrected chi connectivity index (χ4v) is 5.98. The van der Waals surface area contributed by atoms with E-state index in [-0.39, 0.29) is 11.9 Å². The van der Waals surface area contributed by atoms with Crippen molar-refractivity contribution < 1.29 is 4.79 Å². The van der Waals surface area contributed by atoms with Crippen LogP contribution in [0.25, 0.3) is 0 Å². The Morgan fingerprint density at radius 2 is 0.800 bits per heavy atom. The van der Waals surface area contributed by atoms with Gasteiger partial charge in [0.1, 0.15) is 6.04 Å². The van der Waals surface area contributed by atoms with Crippen molar-refractivity contribution in [1.29, 1.82) is 0 Å². The van der Waals surface area contributed by atoms with Gasteiger partial charge in [0.05, 0.1) is 0 Å². The van der Waals surface area contributed by atoms with Gasteiger partial charge >= 0.3 is 0 Å². The molecule has 5 heteroatoms. The van der Waals surface area contributed by atoms with E-state index >= 15 is 0 Å². The average Bonchev–Trinajstić information content (AvgIpc) is 3.02. The molecule has 0 aliphatic rings. The molecule has 4 N–H and O–H groups in total. The molecule has 0 radical (unpaired) electrons. The van der Waals surface area contributed by atoms with Gasteiger partial charge in [-0.05, 0) is 71.1 Å². The fraction of sp³-hybridized carbons (Fsp3) is 0.850. The summed E-state index contributed by atoms with van der Waals surface area (Å²) in [5, 5.41) is 0. The van der Waals surface area contributed by atoms with E-state index in [2.05, 4.69) is 43.1 Å². The highest BCUT2D eigenvalue weighted by Gasteiger charge is 2.19. The summed E-state index contributed by atoms with van der Waals surface area (Å²) in [5.41, 5.74) is 11.1. The number of aliphatic imine (C=N–C) groups is 1. The number of hydrogen-bond acceptors (Lipinski definition) is 2. The van der Waals surface area contributed by atoms with E-state index in [0.717, 1.165) is 25.9 Å². The zero-order valence-electron chi connectivity index (χ0n) is 30.6. The number of unbranched alkanes of at least 4 members (excludes halogenated alkanes) is 24. The Morgan fingerprint density at radius 1 is 0.511 bits per heavy atom. The van der Waals surface area contributed by atoms with E-state index in [4.69, 9.17) is 11.5 Å². The predicted molar refractivity (Wildman–Crippen MR) is 201 cm³/mol. The van der Waals surface area contributed by atoms with Gasteiger partial charge in [-0.3, -0.25) is 4.79 Å². The minimum Gasteiger partial charge on any atom is -0.370 e. The van der Waals surface area contributed by atoms with Crippen LogP contribution in [0.1, 0.15) is 201 Å². The number of nitrogens with zero attached hydrogens (tertiary/aromatic N) is 2. The summed E-state index contributed by atoms with van der Waals surface area (Å²) < 4.78 is 0. The van der Waals surface area contributed by atoms with Crippen LogP contribution in [-0.4, -0.2) is 35.9 Å². The Hall–Kier alpha value is -1.78. The predicted octanol–water partition coefficient (Wildman–Crippen LogP) is 11.6. The molecule has 1 amide bonds. The summed E-state index contributed by atoms with van der Waals surface area (Å²) in [4.78, 5) is 19.2. The third-order valence-electron chi connectivity index (χ3n) is 8.89. The molecule has 0 aliphatic heterocycles. The van der Waals surface area contributed by atoms with Crippen molar-refractivity contribution >= 4 is 11.9 Å². The molecular formula is C40H78N4O. The number of carbonyl (C=O) groups is 1. The zero-order valence-corrected chi connectivity index (χ0v) is 30.6. The third-order valence-corrected chi connectivity index (χ3v) is 8.89. The van der Waals surface area contributed by atoms with Crippen LogP contribution in [0.2, 0.25) is 0 Å². The number of hydrogen-bond donors (Lipinski definition) is 2. The van der Waals surface area contributed by atoms with Crippen molar-refractivity contribution in [3.8, 4) is 0 Å². The van der Waals surface area contributed by atoms with Gasteiger partial charge in [0.25, 0.3) is 0 Å². The Kier molecular flexibility index (Phi) is 33.7. The summed E-state index contributed by atoms with van der Waals surface area (Å²) in [6.07, 6.45) is 45.8. The molecule has 264 valence electrons. The highest BCUT2D eigenvalue weighted by atomic mass is 16.2. The molecule has 1 atom stereocenters. The first-order valence-electron chi connectivity index (χ1n) is 19.7. The topological polar surface area (TPSA) is 84.7 Å². The van der Waals surface area contributed by atoms with Crippen molar-refractivity contribution in [3.63, 3.8) is 0 Å². The van der Waals surface area contributed by atoms with Crippen LogP contribution < -0.4 is 11.5 Å². The molecule has 0 aromatic rings. The monoisotopic (exact) mass is 631 g/mol. The molecule has 0 aromatic heterocycles. The molecule has 0 saturated heterocycles. The second-order valence-corrected chi connectivity index (χ2v) is 13.4. The summed E-state index contributed by atoms with van der Waals surface area (Å²) >= 11 is 0. The first-order chi connectivity index (χ1) is 22.0. The number of carbonyl (C=O) groups excluding carboxylic acids is 1. The molecule has 0 saturated carbocycles. The van der Waals surface area contributed by atoms with E-state index in [1.807, 2.05) is 4.90 Å². The molecule has 0 rings (SSSR count). The molecule has 5 nitrogen and oxygen atoms in total. The lowest BCUT2D eigenvalue weighted by atomic mass is 10.1. The number of amides is 1. The van der Waals surface area contributed by atoms with Gasteiger partial charge < -0.3 is 16.4 Å². The van der Waals surface area contributed by atoms with Crippen LogP contribution in [0.5, 0.6) is 0 Å². The van der Waals surface area contributed by atoms with Crippen LogP contribution in [0.4, 0.5) is 0 Å². The minimum atomic E-state index is -0.502. The number of rotatable bonds is 34. The fourth-order valence-electron chi connectivity index (χ4n) is 5.98. The van der Waals surface area contributed by atoms with Gasteiger partial charge in [0, 0.05) is 13.1 Å². The molecule has 45 heavy (non-hydrogen) atoms. The Balaban J connectivity index is 3.99. The van der Waals surface area contributed by atoms with Crippen LogP contribution in [0.3, 0.4) is 0 Å². The maximum absolute atomic E-state index is 13.1. The van der Waals surface area contributed by atoms with Gasteiger partial charge in [0.2, 0.25) is 5.91 Å². The number of nitrogens with two attached hydrogens (primary N) is 2. The standard InChI is InChI=1S/C40H78N4O/c1-4-6-8-10-12-14-16-18-20-22-24-26-28-30-32-34-36-44(39(45)38(3)43-40(41)42)37-35-33-31-29-27-25-23-21-19-17-15-13-11-9-7-5-2/h18-21,38H,4-17,22-37H2,1-3H3,(H4,41,42,43)/b20-18+,21-19+. The van der Waals surface area contributed by atoms with E-state index in [1.54, 1.807) is 6.92 Å². The quantitative estimate of drug-likeness (QED) is 0.0321. The lowest BCUT2D eigenvalue weighted by Gasteiger charge is -2.24. The molecule has 0 bridgehead atoms. The molecule has 0 spiro atoms. The largest absolute Gasteiger partial charge is 0.370 e. The summed E-state index contributed by atoms with van der Waals surface area (Å²) in [6.45, 7) is 7.99. The van der Waals surface area contributed by atoms with Crippen molar-refractivity contribution in [2.24, 2.45) is 16.5 Å². The Bertz CT molecular complexity index is 671. The van der Waals surface area contributed by atoms with Crippen molar-refractivity contribution in [1.82, 2.24) is 4.90 Å². The molecule has 0 fully saturated rings. The van der Waals surface area contributed by atoms with Gasteiger partial charge in [-0.15, -0.1) is 0 Å². The highest BCUT2D eigenvalue weighted by Crippen LogP contribution is 2.13. The van der Waals surface area contributed by atoms with Gasteiger partial charge in [0.15, 0.2) is 5.96 Å². The number of guanidine groups is 1. The summed E-state index contributed by atoms with van der Waals surface area (Å²) in [5.74, 6) is 0.0502. The van der Waals surface area contributed by atoms with E-state index in [1.165, 1.54) is 167 Å². The van der Waals surface area contributed by atoms with Crippen molar-refractivity contribution in [2.75, 3.05) is 13.1 Å². The molecule has 0 aromatic carbocycles. The van der Waals surface area contributed by atoms with E-state index in [9.17, 15) is 4.79 Å². The normalized spacial score (nSPS) is 12.3. The van der Waals surface area contributed by atoms with Crippen LogP contribution >= 0.6 is 0 Å².